The third kappa shape index (κ3) is 3.90. The van der Waals surface area contributed by atoms with Crippen molar-refractivity contribution < 1.29 is 14.4 Å². The summed E-state index contributed by atoms with van der Waals surface area (Å²) in [6, 6.07) is -1.12. The molecule has 1 unspecified atom stereocenters. The van der Waals surface area contributed by atoms with E-state index < -0.39 is 18.0 Å². The topological polar surface area (TPSA) is 99.3 Å². The molecule has 0 radical (unpaired) electrons. The Labute approximate surface area is 149 Å². The van der Waals surface area contributed by atoms with Gasteiger partial charge in [0.05, 0.1) is 0 Å². The molecule has 4 aliphatic rings. The summed E-state index contributed by atoms with van der Waals surface area (Å²) in [5.41, 5.74) is 4.39. The molecule has 0 aromatic heterocycles. The van der Waals surface area contributed by atoms with Crippen molar-refractivity contribution in [1.29, 1.82) is 0 Å². The summed E-state index contributed by atoms with van der Waals surface area (Å²) in [5.74, 6) is 1.66. The standard InChI is InChI=1S/C18H30N4O3/c1-3-4-19-17(25)22-21-15(23)11(2)20-16(24)18-8-12-5-13(9-18)7-14(6-12)10-18/h11-14H,3-10H2,1-2H3,(H,20,24)(H,21,23)(H2,19,22,25). The molecule has 4 N–H and O–H groups in total. The number of rotatable bonds is 5. The Morgan fingerprint density at radius 2 is 1.56 bits per heavy atom. The van der Waals surface area contributed by atoms with E-state index in [1.807, 2.05) is 6.92 Å². The normalized spacial score (nSPS) is 33.4. The molecule has 0 aliphatic heterocycles. The minimum Gasteiger partial charge on any atom is -0.344 e. The van der Waals surface area contributed by atoms with Crippen LogP contribution in [0.25, 0.3) is 0 Å². The van der Waals surface area contributed by atoms with E-state index in [0.29, 0.717) is 24.3 Å². The Kier molecular flexibility index (Phi) is 5.20. The van der Waals surface area contributed by atoms with Gasteiger partial charge in [0.1, 0.15) is 6.04 Å². The Balaban J connectivity index is 1.49. The number of carbonyl (C=O) groups excluding carboxylic acids is 3. The zero-order valence-corrected chi connectivity index (χ0v) is 15.2. The monoisotopic (exact) mass is 350 g/mol. The molecule has 7 heteroatoms. The van der Waals surface area contributed by atoms with Crippen LogP contribution in [0.3, 0.4) is 0 Å². The molecule has 0 aromatic rings. The van der Waals surface area contributed by atoms with Crippen molar-refractivity contribution in [2.45, 2.75) is 64.8 Å². The number of hydrazine groups is 1. The molecule has 4 amide bonds. The Hall–Kier alpha value is -1.79. The number of hydrogen-bond donors (Lipinski definition) is 4. The minimum absolute atomic E-state index is 0.0182. The van der Waals surface area contributed by atoms with Gasteiger partial charge in [-0.3, -0.25) is 15.0 Å². The second-order valence-electron chi connectivity index (χ2n) is 8.26. The van der Waals surface area contributed by atoms with E-state index in [1.54, 1.807) is 6.92 Å². The van der Waals surface area contributed by atoms with Crippen LogP contribution < -0.4 is 21.5 Å². The van der Waals surface area contributed by atoms with Gasteiger partial charge in [0, 0.05) is 12.0 Å². The highest BCUT2D eigenvalue weighted by Gasteiger charge is 2.54. The summed E-state index contributed by atoms with van der Waals surface area (Å²) in [6.07, 6.45) is 7.56. The third-order valence-corrected chi connectivity index (χ3v) is 6.10. The molecule has 0 heterocycles. The van der Waals surface area contributed by atoms with Gasteiger partial charge in [0.25, 0.3) is 5.91 Å². The lowest BCUT2D eigenvalue weighted by Gasteiger charge is -2.55. The Morgan fingerprint density at radius 3 is 2.08 bits per heavy atom. The van der Waals surface area contributed by atoms with Gasteiger partial charge in [-0.15, -0.1) is 0 Å². The Bertz CT molecular complexity index is 513. The quantitative estimate of drug-likeness (QED) is 0.565. The maximum atomic E-state index is 12.9. The molecular formula is C18H30N4O3. The summed E-state index contributed by atoms with van der Waals surface area (Å²) in [7, 11) is 0. The molecule has 7 nitrogen and oxygen atoms in total. The smallest absolute Gasteiger partial charge is 0.333 e. The number of urea groups is 1. The summed E-state index contributed by atoms with van der Waals surface area (Å²) in [4.78, 5) is 36.5. The number of nitrogens with one attached hydrogen (secondary N) is 4. The van der Waals surface area contributed by atoms with Gasteiger partial charge in [-0.2, -0.15) is 0 Å². The van der Waals surface area contributed by atoms with Crippen molar-refractivity contribution in [3.8, 4) is 0 Å². The highest BCUT2D eigenvalue weighted by atomic mass is 16.2. The lowest BCUT2D eigenvalue weighted by Crippen LogP contribution is -2.58. The molecule has 0 saturated heterocycles. The van der Waals surface area contributed by atoms with Crippen LogP contribution in [-0.2, 0) is 9.59 Å². The van der Waals surface area contributed by atoms with Gasteiger partial charge in [-0.1, -0.05) is 6.92 Å². The van der Waals surface area contributed by atoms with E-state index in [9.17, 15) is 14.4 Å². The van der Waals surface area contributed by atoms with Crippen molar-refractivity contribution in [1.82, 2.24) is 21.5 Å². The molecule has 0 spiro atoms. The van der Waals surface area contributed by atoms with Crippen molar-refractivity contribution in [3.05, 3.63) is 0 Å². The number of hydrogen-bond acceptors (Lipinski definition) is 3. The van der Waals surface area contributed by atoms with Crippen LogP contribution in [0.2, 0.25) is 0 Å². The van der Waals surface area contributed by atoms with E-state index in [4.69, 9.17) is 0 Å². The fourth-order valence-corrected chi connectivity index (χ4v) is 5.31. The van der Waals surface area contributed by atoms with Crippen LogP contribution in [0.5, 0.6) is 0 Å². The van der Waals surface area contributed by atoms with Gasteiger partial charge in [0.2, 0.25) is 5.91 Å². The summed E-state index contributed by atoms with van der Waals surface area (Å²) in [6.45, 7) is 4.14. The average molecular weight is 350 g/mol. The third-order valence-electron chi connectivity index (χ3n) is 6.10. The van der Waals surface area contributed by atoms with Crippen molar-refractivity contribution in [2.75, 3.05) is 6.54 Å². The second kappa shape index (κ2) is 7.22. The molecule has 4 aliphatic carbocycles. The van der Waals surface area contributed by atoms with Crippen LogP contribution in [0.1, 0.15) is 58.8 Å². The SMILES string of the molecule is CCCNC(=O)NNC(=O)C(C)NC(=O)C12CC3CC(CC(C3)C1)C2. The summed E-state index contributed by atoms with van der Waals surface area (Å²) >= 11 is 0. The van der Waals surface area contributed by atoms with Crippen LogP contribution in [0.4, 0.5) is 4.79 Å². The highest BCUT2D eigenvalue weighted by Crippen LogP contribution is 2.60. The zero-order chi connectivity index (χ0) is 18.0. The number of amides is 4. The van der Waals surface area contributed by atoms with Gasteiger partial charge in [0.15, 0.2) is 0 Å². The van der Waals surface area contributed by atoms with Gasteiger partial charge in [-0.05, 0) is 69.6 Å². The molecular weight excluding hydrogens is 320 g/mol. The first-order valence-electron chi connectivity index (χ1n) is 9.56. The predicted molar refractivity (Wildman–Crippen MR) is 93.2 cm³/mol. The second-order valence-corrected chi connectivity index (χ2v) is 8.26. The maximum Gasteiger partial charge on any atom is 0.333 e. The molecule has 4 rings (SSSR count). The largest absolute Gasteiger partial charge is 0.344 e. The molecule has 1 atom stereocenters. The first-order chi connectivity index (χ1) is 11.9. The summed E-state index contributed by atoms with van der Waals surface area (Å²) in [5, 5.41) is 5.49. The van der Waals surface area contributed by atoms with Crippen LogP contribution >= 0.6 is 0 Å². The van der Waals surface area contributed by atoms with E-state index in [2.05, 4.69) is 21.5 Å². The van der Waals surface area contributed by atoms with E-state index in [0.717, 1.165) is 25.7 Å². The fraction of sp³-hybridized carbons (Fsp3) is 0.833. The minimum atomic E-state index is -0.674. The average Bonchev–Trinajstić information content (AvgIpc) is 2.56. The van der Waals surface area contributed by atoms with Crippen molar-refractivity contribution in [2.24, 2.45) is 23.2 Å². The first kappa shape index (κ1) is 18.0. The van der Waals surface area contributed by atoms with Crippen molar-refractivity contribution in [3.63, 3.8) is 0 Å². The van der Waals surface area contributed by atoms with Crippen LogP contribution in [-0.4, -0.2) is 30.4 Å². The maximum absolute atomic E-state index is 12.9. The van der Waals surface area contributed by atoms with Gasteiger partial charge >= 0.3 is 6.03 Å². The molecule has 140 valence electrons. The molecule has 4 saturated carbocycles. The van der Waals surface area contributed by atoms with E-state index in [-0.39, 0.29) is 11.3 Å². The van der Waals surface area contributed by atoms with Crippen molar-refractivity contribution >= 4 is 17.8 Å². The Morgan fingerprint density at radius 1 is 1.00 bits per heavy atom. The predicted octanol–water partition coefficient (Wildman–Crippen LogP) is 1.45. The molecule has 4 bridgehead atoms. The number of carbonyl (C=O) groups is 3. The first-order valence-corrected chi connectivity index (χ1v) is 9.56. The van der Waals surface area contributed by atoms with E-state index >= 15 is 0 Å². The lowest BCUT2D eigenvalue weighted by atomic mass is 9.49. The highest BCUT2D eigenvalue weighted by molar-refractivity contribution is 5.91. The van der Waals surface area contributed by atoms with Gasteiger partial charge < -0.3 is 10.6 Å². The fourth-order valence-electron chi connectivity index (χ4n) is 5.31. The molecule has 25 heavy (non-hydrogen) atoms. The summed E-state index contributed by atoms with van der Waals surface area (Å²) < 4.78 is 0. The van der Waals surface area contributed by atoms with Crippen LogP contribution in [0, 0.1) is 23.2 Å². The van der Waals surface area contributed by atoms with E-state index in [1.165, 1.54) is 19.3 Å². The lowest BCUT2D eigenvalue weighted by molar-refractivity contribution is -0.148. The van der Waals surface area contributed by atoms with Gasteiger partial charge in [-0.25, -0.2) is 10.2 Å². The van der Waals surface area contributed by atoms with Crippen LogP contribution in [0.15, 0.2) is 0 Å². The zero-order valence-electron chi connectivity index (χ0n) is 15.2. The molecule has 0 aromatic carbocycles. The molecule has 4 fully saturated rings.